The summed E-state index contributed by atoms with van der Waals surface area (Å²) in [5.41, 5.74) is 1.06. The van der Waals surface area contributed by atoms with E-state index in [9.17, 15) is 13.2 Å². The molecule has 25 heavy (non-hydrogen) atoms. The van der Waals surface area contributed by atoms with Crippen LogP contribution in [0.5, 0.6) is 0 Å². The summed E-state index contributed by atoms with van der Waals surface area (Å²) in [7, 11) is -3.15. The Labute approximate surface area is 150 Å². The average molecular weight is 365 g/mol. The van der Waals surface area contributed by atoms with Gasteiger partial charge in [0.15, 0.2) is 9.84 Å². The molecular weight excluding hydrogens is 336 g/mol. The molecule has 3 rings (SSSR count). The molecule has 5 nitrogen and oxygen atoms in total. The number of nitrogens with zero attached hydrogens (tertiary/aromatic N) is 1. The van der Waals surface area contributed by atoms with Gasteiger partial charge in [-0.1, -0.05) is 12.8 Å². The van der Waals surface area contributed by atoms with Crippen LogP contribution in [0.4, 0.5) is 5.69 Å². The number of piperidine rings is 1. The Morgan fingerprint density at radius 3 is 2.24 bits per heavy atom. The molecule has 1 aliphatic carbocycles. The van der Waals surface area contributed by atoms with Crippen LogP contribution in [0.15, 0.2) is 29.2 Å². The lowest BCUT2D eigenvalue weighted by molar-refractivity contribution is -0.122. The first-order chi connectivity index (χ1) is 11.9. The fraction of sp³-hybridized carbons (Fsp3) is 0.632. The predicted molar refractivity (Wildman–Crippen MR) is 99.5 cm³/mol. The fourth-order valence-corrected chi connectivity index (χ4v) is 4.55. The Morgan fingerprint density at radius 2 is 1.68 bits per heavy atom. The van der Waals surface area contributed by atoms with Crippen molar-refractivity contribution in [3.63, 3.8) is 0 Å². The number of nitrogens with one attached hydrogen (secondary N) is 1. The van der Waals surface area contributed by atoms with Gasteiger partial charge in [-0.05, 0) is 55.9 Å². The second-order valence-electron chi connectivity index (χ2n) is 7.45. The third-order valence-electron chi connectivity index (χ3n) is 5.44. The summed E-state index contributed by atoms with van der Waals surface area (Å²) in [6, 6.07) is 7.51. The standard InChI is InChI=1S/C19H28N2O3S/c1-25(23,24)18-8-6-17(7-9-18)21-12-10-15(11-13-21)14-19(22)20-16-4-2-3-5-16/h6-9,15-16H,2-5,10-14H2,1H3,(H,20,22). The zero-order valence-corrected chi connectivity index (χ0v) is 15.7. The molecule has 2 fully saturated rings. The molecule has 1 N–H and O–H groups in total. The van der Waals surface area contributed by atoms with Crippen LogP contribution in [-0.4, -0.2) is 39.7 Å². The van der Waals surface area contributed by atoms with E-state index in [0.29, 0.717) is 23.3 Å². The normalized spacial score (nSPS) is 20.0. The Kier molecular flexibility index (Phi) is 5.67. The van der Waals surface area contributed by atoms with Gasteiger partial charge in [0, 0.05) is 37.5 Å². The van der Waals surface area contributed by atoms with Gasteiger partial charge in [-0.25, -0.2) is 8.42 Å². The second kappa shape index (κ2) is 7.77. The molecule has 1 saturated heterocycles. The van der Waals surface area contributed by atoms with Crippen molar-refractivity contribution in [1.29, 1.82) is 0 Å². The molecule has 0 atom stereocenters. The van der Waals surface area contributed by atoms with Gasteiger partial charge in [-0.15, -0.1) is 0 Å². The number of hydrogen-bond acceptors (Lipinski definition) is 4. The minimum atomic E-state index is -3.15. The third kappa shape index (κ3) is 4.97. The SMILES string of the molecule is CS(=O)(=O)c1ccc(N2CCC(CC(=O)NC3CCCC3)CC2)cc1. The van der Waals surface area contributed by atoms with Crippen molar-refractivity contribution >= 4 is 21.4 Å². The Hall–Kier alpha value is -1.56. The van der Waals surface area contributed by atoms with Gasteiger partial charge in [-0.3, -0.25) is 4.79 Å². The number of rotatable bonds is 5. The summed E-state index contributed by atoms with van der Waals surface area (Å²) in [5.74, 6) is 0.663. The van der Waals surface area contributed by atoms with Crippen LogP contribution in [0.2, 0.25) is 0 Å². The number of carbonyl (C=O) groups excluding carboxylic acids is 1. The molecule has 0 unspecified atom stereocenters. The average Bonchev–Trinajstić information content (AvgIpc) is 3.08. The first-order valence-corrected chi connectivity index (χ1v) is 11.2. The topological polar surface area (TPSA) is 66.5 Å². The monoisotopic (exact) mass is 364 g/mol. The van der Waals surface area contributed by atoms with Crippen molar-refractivity contribution in [2.24, 2.45) is 5.92 Å². The van der Waals surface area contributed by atoms with Gasteiger partial charge in [0.25, 0.3) is 0 Å². The summed E-state index contributed by atoms with van der Waals surface area (Å²) in [6.45, 7) is 1.83. The van der Waals surface area contributed by atoms with E-state index in [2.05, 4.69) is 10.2 Å². The highest BCUT2D eigenvalue weighted by Gasteiger charge is 2.24. The van der Waals surface area contributed by atoms with E-state index < -0.39 is 9.84 Å². The lowest BCUT2D eigenvalue weighted by atomic mass is 9.92. The highest BCUT2D eigenvalue weighted by Crippen LogP contribution is 2.26. The van der Waals surface area contributed by atoms with Gasteiger partial charge in [0.2, 0.25) is 5.91 Å². The molecule has 0 bridgehead atoms. The molecule has 1 aliphatic heterocycles. The fourth-order valence-electron chi connectivity index (χ4n) is 3.92. The summed E-state index contributed by atoms with van der Waals surface area (Å²) < 4.78 is 23.1. The van der Waals surface area contributed by atoms with E-state index in [1.165, 1.54) is 19.1 Å². The maximum absolute atomic E-state index is 12.2. The van der Waals surface area contributed by atoms with Crippen molar-refractivity contribution in [3.05, 3.63) is 24.3 Å². The minimum absolute atomic E-state index is 0.211. The molecule has 1 saturated carbocycles. The number of anilines is 1. The predicted octanol–water partition coefficient (Wildman–Crippen LogP) is 2.76. The Bertz CT molecular complexity index is 686. The molecule has 0 radical (unpaired) electrons. The van der Waals surface area contributed by atoms with Crippen LogP contribution >= 0.6 is 0 Å². The third-order valence-corrected chi connectivity index (χ3v) is 6.57. The van der Waals surface area contributed by atoms with E-state index in [0.717, 1.165) is 44.5 Å². The summed E-state index contributed by atoms with van der Waals surface area (Å²) in [5, 5.41) is 3.18. The molecule has 0 spiro atoms. The summed E-state index contributed by atoms with van der Waals surface area (Å²) in [4.78, 5) is 14.8. The maximum Gasteiger partial charge on any atom is 0.220 e. The van der Waals surface area contributed by atoms with Crippen molar-refractivity contribution < 1.29 is 13.2 Å². The molecule has 6 heteroatoms. The van der Waals surface area contributed by atoms with Crippen LogP contribution < -0.4 is 10.2 Å². The summed E-state index contributed by atoms with van der Waals surface area (Å²) >= 11 is 0. The lowest BCUT2D eigenvalue weighted by Gasteiger charge is -2.33. The quantitative estimate of drug-likeness (QED) is 0.872. The van der Waals surface area contributed by atoms with Crippen LogP contribution in [0.25, 0.3) is 0 Å². The second-order valence-corrected chi connectivity index (χ2v) is 9.47. The van der Waals surface area contributed by atoms with Crippen molar-refractivity contribution in [2.45, 2.75) is 55.9 Å². The maximum atomic E-state index is 12.2. The Balaban J connectivity index is 1.47. The van der Waals surface area contributed by atoms with E-state index in [-0.39, 0.29) is 5.91 Å². The number of hydrogen-bond donors (Lipinski definition) is 1. The first-order valence-electron chi connectivity index (χ1n) is 9.26. The van der Waals surface area contributed by atoms with E-state index in [1.54, 1.807) is 12.1 Å². The smallest absolute Gasteiger partial charge is 0.220 e. The van der Waals surface area contributed by atoms with E-state index in [1.807, 2.05) is 12.1 Å². The largest absolute Gasteiger partial charge is 0.372 e. The number of sulfone groups is 1. The van der Waals surface area contributed by atoms with Crippen molar-refractivity contribution in [1.82, 2.24) is 5.32 Å². The van der Waals surface area contributed by atoms with Gasteiger partial charge in [0.05, 0.1) is 4.90 Å². The van der Waals surface area contributed by atoms with Gasteiger partial charge in [0.1, 0.15) is 0 Å². The van der Waals surface area contributed by atoms with Crippen LogP contribution in [0, 0.1) is 5.92 Å². The van der Waals surface area contributed by atoms with Crippen LogP contribution in [-0.2, 0) is 14.6 Å². The van der Waals surface area contributed by atoms with Crippen LogP contribution in [0.1, 0.15) is 44.9 Å². The number of carbonyl (C=O) groups is 1. The highest BCUT2D eigenvalue weighted by atomic mass is 32.2. The Morgan fingerprint density at radius 1 is 1.08 bits per heavy atom. The molecule has 1 amide bonds. The van der Waals surface area contributed by atoms with Crippen molar-refractivity contribution in [2.75, 3.05) is 24.2 Å². The zero-order valence-electron chi connectivity index (χ0n) is 14.9. The molecule has 1 aromatic rings. The van der Waals surface area contributed by atoms with Gasteiger partial charge < -0.3 is 10.2 Å². The summed E-state index contributed by atoms with van der Waals surface area (Å²) in [6.07, 6.45) is 8.61. The molecule has 2 aliphatic rings. The molecule has 1 heterocycles. The van der Waals surface area contributed by atoms with Crippen LogP contribution in [0.3, 0.4) is 0 Å². The van der Waals surface area contributed by atoms with E-state index >= 15 is 0 Å². The molecule has 0 aromatic heterocycles. The first kappa shape index (κ1) is 18.2. The lowest BCUT2D eigenvalue weighted by Crippen LogP contribution is -2.38. The zero-order chi connectivity index (χ0) is 17.9. The highest BCUT2D eigenvalue weighted by molar-refractivity contribution is 7.90. The van der Waals surface area contributed by atoms with Gasteiger partial charge >= 0.3 is 0 Å². The van der Waals surface area contributed by atoms with E-state index in [4.69, 9.17) is 0 Å². The van der Waals surface area contributed by atoms with Crippen molar-refractivity contribution in [3.8, 4) is 0 Å². The number of benzene rings is 1. The minimum Gasteiger partial charge on any atom is -0.372 e. The molecular formula is C19H28N2O3S. The molecule has 138 valence electrons. The number of amides is 1. The molecule has 1 aromatic carbocycles. The van der Waals surface area contributed by atoms with Gasteiger partial charge in [-0.2, -0.15) is 0 Å².